The first-order valence-corrected chi connectivity index (χ1v) is 13.8. The number of phosphoric ester groups is 1. The number of amides is 1. The minimum absolute atomic E-state index is 0.143. The van der Waals surface area contributed by atoms with Crippen molar-refractivity contribution in [3.05, 3.63) is 39.9 Å². The molecule has 2 rings (SSSR count). The number of esters is 1. The summed E-state index contributed by atoms with van der Waals surface area (Å²) < 4.78 is 27.8. The lowest BCUT2D eigenvalue weighted by Crippen LogP contribution is -2.55. The molecule has 1 heterocycles. The van der Waals surface area contributed by atoms with Gasteiger partial charge in [-0.2, -0.15) is 0 Å². The number of aliphatic hydroxyl groups is 4. The maximum atomic E-state index is 12.9. The van der Waals surface area contributed by atoms with E-state index in [1.165, 1.54) is 0 Å². The number of halogens is 2. The quantitative estimate of drug-likeness (QED) is 0.0332. The van der Waals surface area contributed by atoms with E-state index in [9.17, 15) is 59.2 Å². The summed E-state index contributed by atoms with van der Waals surface area (Å²) in [5, 5.41) is 52.0. The van der Waals surface area contributed by atoms with E-state index >= 15 is 0 Å². The lowest BCUT2D eigenvalue weighted by Gasteiger charge is -2.35. The molecule has 228 valence electrons. The Balaban J connectivity index is 2.45. The Kier molecular flexibility index (Phi) is 12.7. The van der Waals surface area contributed by atoms with Crippen LogP contribution in [0, 0.1) is 10.1 Å². The number of carbonyl (C=O) groups is 4. The maximum absolute atomic E-state index is 12.9. The summed E-state index contributed by atoms with van der Waals surface area (Å²) in [6.07, 6.45) is -13.3. The molecule has 17 nitrogen and oxygen atoms in total. The van der Waals surface area contributed by atoms with Crippen molar-refractivity contribution in [2.24, 2.45) is 0 Å². The second-order valence-corrected chi connectivity index (χ2v) is 11.0. The topological polar surface area (TPSA) is 269 Å². The van der Waals surface area contributed by atoms with Gasteiger partial charge in [-0.25, -0.2) is 4.57 Å². The molecule has 0 bridgehead atoms. The molecule has 0 saturated carbocycles. The summed E-state index contributed by atoms with van der Waals surface area (Å²) in [6, 6.07) is 2.16. The largest absolute Gasteiger partial charge is 0.472 e. The third-order valence-corrected chi connectivity index (χ3v) is 7.00. The van der Waals surface area contributed by atoms with Crippen LogP contribution in [0.15, 0.2) is 24.3 Å². The number of hydrogen-bond acceptors (Lipinski definition) is 14. The SMILES string of the molecule is O=C[C@H](O)[C@@H](O)[C@H](O)[C@H](O)COP(=O)(O)O[C@H](c1ccc([N+](=O)[O-])cc1)[C@H](NC(=O)C(Cl)Cl)C1OC(=O)CCC1=O. The Morgan fingerprint density at radius 1 is 1.17 bits per heavy atom. The van der Waals surface area contributed by atoms with Crippen molar-refractivity contribution < 1.29 is 67.8 Å². The van der Waals surface area contributed by atoms with Gasteiger partial charge in [0.05, 0.1) is 18.0 Å². The van der Waals surface area contributed by atoms with Crippen molar-refractivity contribution in [3.63, 3.8) is 0 Å². The van der Waals surface area contributed by atoms with Crippen molar-refractivity contribution in [2.75, 3.05) is 6.61 Å². The molecule has 0 aliphatic carbocycles. The molecule has 0 radical (unpaired) electrons. The Labute approximate surface area is 240 Å². The fourth-order valence-corrected chi connectivity index (χ4v) is 4.59. The molecule has 1 fully saturated rings. The highest BCUT2D eigenvalue weighted by Gasteiger charge is 2.45. The number of nitrogens with one attached hydrogen (secondary N) is 1. The Morgan fingerprint density at radius 2 is 1.78 bits per heavy atom. The average molecular weight is 647 g/mol. The van der Waals surface area contributed by atoms with Gasteiger partial charge in [0.1, 0.15) is 36.6 Å². The zero-order chi connectivity index (χ0) is 31.1. The van der Waals surface area contributed by atoms with E-state index in [0.29, 0.717) is 0 Å². The number of rotatable bonds is 15. The molecule has 20 heteroatoms. The van der Waals surface area contributed by atoms with Gasteiger partial charge in [-0.3, -0.25) is 33.5 Å². The van der Waals surface area contributed by atoms with Crippen molar-refractivity contribution in [1.29, 1.82) is 0 Å². The number of cyclic esters (lactones) is 1. The van der Waals surface area contributed by atoms with Gasteiger partial charge in [0.2, 0.25) is 0 Å². The van der Waals surface area contributed by atoms with Crippen LogP contribution in [0.1, 0.15) is 24.5 Å². The van der Waals surface area contributed by atoms with Gasteiger partial charge in [-0.15, -0.1) is 0 Å². The standard InChI is InChI=1S/C21H25Cl2N2O15P/c22-20(23)21(33)24-15(19-11(27)5-6-14(30)39-19)18(9-1-3-10(4-2-9)25(34)35)40-41(36,37)38-8-13(29)17(32)16(31)12(28)7-26/h1-4,7,12-13,15-20,28-29,31-32H,5-6,8H2,(H,24,33)(H,36,37)/t12-,13+,15-,16+,17+,18+,19?/m0/s1. The molecule has 41 heavy (non-hydrogen) atoms. The number of benzene rings is 1. The third-order valence-electron chi connectivity index (χ3n) is 5.63. The van der Waals surface area contributed by atoms with Crippen LogP contribution in [-0.4, -0.2) is 102 Å². The van der Waals surface area contributed by atoms with Gasteiger partial charge in [0, 0.05) is 18.6 Å². The van der Waals surface area contributed by atoms with E-state index < -0.39 is 90.2 Å². The number of alkyl halides is 2. The van der Waals surface area contributed by atoms with Gasteiger partial charge in [-0.1, -0.05) is 23.2 Å². The van der Waals surface area contributed by atoms with Gasteiger partial charge >= 0.3 is 13.8 Å². The van der Waals surface area contributed by atoms with E-state index in [2.05, 4.69) is 9.84 Å². The Hall–Kier alpha value is -2.57. The molecule has 0 aromatic heterocycles. The highest BCUT2D eigenvalue weighted by molar-refractivity contribution is 7.47. The first kappa shape index (κ1) is 34.6. The fourth-order valence-electron chi connectivity index (χ4n) is 3.52. The Morgan fingerprint density at radius 3 is 2.32 bits per heavy atom. The number of ether oxygens (including phenoxy) is 1. The van der Waals surface area contributed by atoms with Crippen molar-refractivity contribution in [2.45, 2.75) is 60.3 Å². The fraction of sp³-hybridized carbons (Fsp3) is 0.524. The van der Waals surface area contributed by atoms with Crippen LogP contribution in [-0.2, 0) is 37.5 Å². The van der Waals surface area contributed by atoms with Crippen molar-refractivity contribution in [1.82, 2.24) is 5.32 Å². The average Bonchev–Trinajstić information content (AvgIpc) is 2.93. The van der Waals surface area contributed by atoms with Crippen LogP contribution in [0.5, 0.6) is 0 Å². The summed E-state index contributed by atoms with van der Waals surface area (Å²) >= 11 is 11.2. The number of phosphoric acid groups is 1. The number of nitro groups is 1. The lowest BCUT2D eigenvalue weighted by atomic mass is 9.92. The second kappa shape index (κ2) is 15.1. The van der Waals surface area contributed by atoms with E-state index in [4.69, 9.17) is 32.5 Å². The normalized spacial score (nSPS) is 21.5. The smallest absolute Gasteiger partial charge is 0.452 e. The molecule has 1 aliphatic rings. The monoisotopic (exact) mass is 646 g/mol. The molecule has 0 spiro atoms. The molecular formula is C21H25Cl2N2O15P. The van der Waals surface area contributed by atoms with E-state index in [0.717, 1.165) is 24.3 Å². The molecule has 1 aliphatic heterocycles. The summed E-state index contributed by atoms with van der Waals surface area (Å²) in [7, 11) is -5.39. The predicted octanol–water partition coefficient (Wildman–Crippen LogP) is -1.02. The number of aliphatic hydroxyl groups excluding tert-OH is 4. The van der Waals surface area contributed by atoms with Crippen LogP contribution in [0.2, 0.25) is 0 Å². The first-order chi connectivity index (χ1) is 19.1. The van der Waals surface area contributed by atoms with E-state index in [-0.39, 0.29) is 24.7 Å². The van der Waals surface area contributed by atoms with E-state index in [1.54, 1.807) is 0 Å². The molecule has 2 unspecified atom stereocenters. The van der Waals surface area contributed by atoms with Gasteiger partial charge in [0.25, 0.3) is 11.6 Å². The first-order valence-electron chi connectivity index (χ1n) is 11.5. The summed E-state index contributed by atoms with van der Waals surface area (Å²) in [5.74, 6) is -2.78. The number of hydrogen-bond donors (Lipinski definition) is 6. The molecular weight excluding hydrogens is 622 g/mol. The van der Waals surface area contributed by atoms with E-state index in [1.807, 2.05) is 0 Å². The highest BCUT2D eigenvalue weighted by atomic mass is 35.5. The highest BCUT2D eigenvalue weighted by Crippen LogP contribution is 2.50. The van der Waals surface area contributed by atoms with Gasteiger partial charge in [-0.05, 0) is 17.7 Å². The van der Waals surface area contributed by atoms with Gasteiger partial charge in [0.15, 0.2) is 23.0 Å². The zero-order valence-corrected chi connectivity index (χ0v) is 23.0. The van der Waals surface area contributed by atoms with Crippen LogP contribution >= 0.6 is 31.0 Å². The van der Waals surface area contributed by atoms with Crippen molar-refractivity contribution in [3.8, 4) is 0 Å². The number of non-ortho nitro benzene ring substituents is 1. The summed E-state index contributed by atoms with van der Waals surface area (Å²) in [6.45, 7) is -1.23. The van der Waals surface area contributed by atoms with Crippen LogP contribution < -0.4 is 5.32 Å². The number of Topliss-reactive ketones (excluding diaryl/α,β-unsaturated/α-hetero) is 1. The minimum atomic E-state index is -5.39. The number of nitro benzene ring substituents is 1. The molecule has 1 aromatic rings. The molecule has 6 N–H and O–H groups in total. The molecule has 8 atom stereocenters. The molecule has 1 saturated heterocycles. The van der Waals surface area contributed by atoms with Gasteiger partial charge < -0.3 is 40.2 Å². The summed E-state index contributed by atoms with van der Waals surface area (Å²) in [5.41, 5.74) is -0.606. The lowest BCUT2D eigenvalue weighted by molar-refractivity contribution is -0.384. The number of carbonyl (C=O) groups excluding carboxylic acids is 4. The molecule has 1 amide bonds. The number of ketones is 1. The predicted molar refractivity (Wildman–Crippen MR) is 134 cm³/mol. The minimum Gasteiger partial charge on any atom is -0.452 e. The van der Waals surface area contributed by atoms with Crippen molar-refractivity contribution >= 4 is 60.7 Å². The third kappa shape index (κ3) is 9.75. The number of nitrogens with zero attached hydrogens (tertiary/aromatic N) is 1. The van der Waals surface area contributed by atoms with Crippen LogP contribution in [0.3, 0.4) is 0 Å². The summed E-state index contributed by atoms with van der Waals surface area (Å²) in [4.78, 5) is 66.6. The Bertz CT molecular complexity index is 1170. The molecule has 1 aromatic carbocycles. The number of aldehydes is 1. The zero-order valence-electron chi connectivity index (χ0n) is 20.6. The van der Waals surface area contributed by atoms with Crippen LogP contribution in [0.4, 0.5) is 5.69 Å². The second-order valence-electron chi connectivity index (χ2n) is 8.53. The van der Waals surface area contributed by atoms with Crippen LogP contribution in [0.25, 0.3) is 0 Å². The maximum Gasteiger partial charge on any atom is 0.472 e.